The van der Waals surface area contributed by atoms with E-state index in [0.29, 0.717) is 33.8 Å². The van der Waals surface area contributed by atoms with Gasteiger partial charge >= 0.3 is 15.0 Å². The molecule has 6 heterocycles. The van der Waals surface area contributed by atoms with Gasteiger partial charge in [0.05, 0.1) is 59.2 Å². The number of methoxy groups -OCH3 is 2. The van der Waals surface area contributed by atoms with Crippen LogP contribution >= 0.6 is 15.0 Å². The number of hydrogen-bond donors (Lipinski definition) is 4. The summed E-state index contributed by atoms with van der Waals surface area (Å²) in [4.78, 5) is 73.1. The minimum atomic E-state index is -4.45. The number of nitrogens with one attached hydrogen (secondary N) is 3. The predicted octanol–water partition coefficient (Wildman–Crippen LogP) is 7.63. The number of aromatic nitrogens is 8. The summed E-state index contributed by atoms with van der Waals surface area (Å²) in [5.74, 6) is -0.688. The Morgan fingerprint density at radius 3 is 2.04 bits per heavy atom. The number of anilines is 2. The van der Waals surface area contributed by atoms with Crippen molar-refractivity contribution in [1.29, 1.82) is 5.26 Å². The van der Waals surface area contributed by atoms with Crippen LogP contribution in [0.3, 0.4) is 0 Å². The molecular formula is C55H55F2N11O14P2S. The lowest BCUT2D eigenvalue weighted by Gasteiger charge is -2.37. The number of carbonyl (C=O) groups excluding carboxylic acids is 2. The van der Waals surface area contributed by atoms with E-state index in [1.165, 1.54) is 25.1 Å². The van der Waals surface area contributed by atoms with Gasteiger partial charge in [0.25, 0.3) is 11.5 Å². The molecule has 0 radical (unpaired) electrons. The van der Waals surface area contributed by atoms with Gasteiger partial charge in [0.1, 0.15) is 47.8 Å². The molecule has 85 heavy (non-hydrogen) atoms. The number of imidazole rings is 2. The van der Waals surface area contributed by atoms with Gasteiger partial charge in [-0.25, -0.2) is 28.7 Å². The van der Waals surface area contributed by atoms with Crippen molar-refractivity contribution in [2.45, 2.75) is 75.1 Å². The molecule has 2 saturated heterocycles. The minimum Gasteiger partial charge on any atom is -0.497 e. The number of H-pyrrole nitrogens is 1. The van der Waals surface area contributed by atoms with Crippen molar-refractivity contribution in [2.24, 2.45) is 5.92 Å². The van der Waals surface area contributed by atoms with Crippen molar-refractivity contribution < 1.29 is 69.6 Å². The highest BCUT2D eigenvalue weighted by molar-refractivity contribution is 8.07. The maximum atomic E-state index is 18.2. The van der Waals surface area contributed by atoms with Gasteiger partial charge in [0.15, 0.2) is 52.9 Å². The van der Waals surface area contributed by atoms with Crippen LogP contribution in [0.4, 0.5) is 20.5 Å². The first-order valence-corrected chi connectivity index (χ1v) is 30.1. The molecule has 30 heteroatoms. The van der Waals surface area contributed by atoms with Gasteiger partial charge in [-0.2, -0.15) is 10.2 Å². The Balaban J connectivity index is 1.01. The minimum absolute atomic E-state index is 0.00229. The molecule has 0 bridgehead atoms. The Morgan fingerprint density at radius 2 is 1.41 bits per heavy atom. The second-order valence-corrected chi connectivity index (χ2v) is 23.2. The summed E-state index contributed by atoms with van der Waals surface area (Å²) in [6.45, 7) is -2.96. The monoisotopic (exact) mass is 1230 g/mol. The molecule has 25 nitrogen and oxygen atoms in total. The molecule has 2 fully saturated rings. The Hall–Kier alpha value is -7.77. The number of hydrogen-bond acceptors (Lipinski definition) is 20. The fourth-order valence-corrected chi connectivity index (χ4v) is 12.3. The average molecular weight is 1230 g/mol. The van der Waals surface area contributed by atoms with Crippen LogP contribution in [0.15, 0.2) is 133 Å². The highest BCUT2D eigenvalue weighted by atomic mass is 32.5. The first-order valence-electron chi connectivity index (χ1n) is 26.3. The summed E-state index contributed by atoms with van der Waals surface area (Å²) in [7, 11) is -0.844. The van der Waals surface area contributed by atoms with E-state index in [2.05, 4.69) is 40.5 Å². The predicted molar refractivity (Wildman–Crippen MR) is 305 cm³/mol. The zero-order valence-corrected chi connectivity index (χ0v) is 48.3. The van der Waals surface area contributed by atoms with E-state index >= 15 is 8.78 Å². The van der Waals surface area contributed by atoms with Crippen LogP contribution in [-0.4, -0.2) is 127 Å². The molecule has 0 spiro atoms. The van der Waals surface area contributed by atoms with E-state index in [1.54, 1.807) is 68.4 Å². The Kier molecular flexibility index (Phi) is 18.6. The lowest BCUT2D eigenvalue weighted by molar-refractivity contribution is -0.118. The highest BCUT2D eigenvalue weighted by Crippen LogP contribution is 2.56. The van der Waals surface area contributed by atoms with Crippen LogP contribution in [0, 0.1) is 17.2 Å². The van der Waals surface area contributed by atoms with Crippen molar-refractivity contribution >= 4 is 72.7 Å². The van der Waals surface area contributed by atoms with Gasteiger partial charge in [-0.1, -0.05) is 86.6 Å². The molecule has 2 aliphatic heterocycles. The van der Waals surface area contributed by atoms with Crippen LogP contribution in [0.5, 0.6) is 11.5 Å². The lowest BCUT2D eigenvalue weighted by Crippen LogP contribution is -2.38. The highest BCUT2D eigenvalue weighted by Gasteiger charge is 2.53. The molecule has 0 aliphatic carbocycles. The third-order valence-electron chi connectivity index (χ3n) is 13.9. The maximum absolute atomic E-state index is 18.2. The number of carbonyl (C=O) groups is 2. The molecule has 2 aliphatic rings. The van der Waals surface area contributed by atoms with Gasteiger partial charge in [-0.15, -0.1) is 0 Å². The largest absolute Gasteiger partial charge is 0.497 e. The van der Waals surface area contributed by atoms with E-state index in [0.717, 1.165) is 17.2 Å². The number of halogens is 2. The second-order valence-electron chi connectivity index (χ2n) is 19.5. The second kappa shape index (κ2) is 26.2. The van der Waals surface area contributed by atoms with Crippen LogP contribution in [-0.2, 0) is 59.1 Å². The third-order valence-corrected chi connectivity index (χ3v) is 16.7. The number of ether oxygens (including phenoxy) is 5. The maximum Gasteiger partial charge on any atom is 0.327 e. The summed E-state index contributed by atoms with van der Waals surface area (Å²) in [5, 5.41) is 14.9. The van der Waals surface area contributed by atoms with Gasteiger partial charge in [-0.05, 0) is 64.9 Å². The number of aromatic amines is 1. The smallest absolute Gasteiger partial charge is 0.327 e. The molecule has 10 atom stereocenters. The molecule has 444 valence electrons. The van der Waals surface area contributed by atoms with E-state index < -0.39 is 113 Å². The average Bonchev–Trinajstić information content (AvgIpc) is 2.75. The molecule has 8 aromatic rings. The molecule has 2 unspecified atom stereocenters. The van der Waals surface area contributed by atoms with Crippen molar-refractivity contribution in [3.63, 3.8) is 0 Å². The molecule has 2 amide bonds. The molecular weight excluding hydrogens is 1170 g/mol. The Labute approximate surface area is 488 Å². The molecule has 10 rings (SSSR count). The number of fused-ring (bicyclic) bond motifs is 2. The van der Waals surface area contributed by atoms with Gasteiger partial charge in [0, 0.05) is 11.5 Å². The summed E-state index contributed by atoms with van der Waals surface area (Å²) >= 11 is 6.01. The van der Waals surface area contributed by atoms with E-state index in [4.69, 9.17) is 53.6 Å². The van der Waals surface area contributed by atoms with Gasteiger partial charge in [0.2, 0.25) is 11.9 Å². The number of amides is 2. The van der Waals surface area contributed by atoms with E-state index in [-0.39, 0.29) is 40.5 Å². The number of nitriles is 1. The van der Waals surface area contributed by atoms with E-state index in [1.807, 2.05) is 60.7 Å². The van der Waals surface area contributed by atoms with Gasteiger partial charge < -0.3 is 47.5 Å². The normalized spacial score (nSPS) is 21.6. The van der Waals surface area contributed by atoms with Crippen LogP contribution in [0.1, 0.15) is 59.8 Å². The van der Waals surface area contributed by atoms with E-state index in [9.17, 15) is 29.1 Å². The Morgan fingerprint density at radius 1 is 0.800 bits per heavy atom. The third kappa shape index (κ3) is 12.8. The Bertz CT molecular complexity index is 3800. The molecule has 0 saturated carbocycles. The van der Waals surface area contributed by atoms with Crippen molar-refractivity contribution in [3.05, 3.63) is 161 Å². The lowest BCUT2D eigenvalue weighted by atomic mass is 9.80. The number of rotatable bonds is 24. The number of benzene rings is 4. The summed E-state index contributed by atoms with van der Waals surface area (Å²) in [6.07, 6.45) is -11.4. The topological polar surface area (TPSA) is 310 Å². The first-order chi connectivity index (χ1) is 41.0. The molecule has 4 aromatic carbocycles. The summed E-state index contributed by atoms with van der Waals surface area (Å²) in [6, 6.07) is 33.9. The first kappa shape index (κ1) is 60.4. The quantitative estimate of drug-likeness (QED) is 0.0257. The number of alkyl halides is 2. The van der Waals surface area contributed by atoms with Crippen molar-refractivity contribution in [1.82, 2.24) is 39.0 Å². The van der Waals surface area contributed by atoms with Crippen LogP contribution < -0.4 is 25.7 Å². The summed E-state index contributed by atoms with van der Waals surface area (Å²) in [5.41, 5.74) is -0.462. The van der Waals surface area contributed by atoms with Crippen LogP contribution in [0.25, 0.3) is 22.3 Å². The van der Waals surface area contributed by atoms with Crippen LogP contribution in [0.2, 0.25) is 0 Å². The standard InChI is InChI=1S/C55H55F2N11O14P2S/c1-31(2)49(69)65-54-64-48-43(51(71)66-54)62-30-68(48)52-41(57)44(81-83(72)73)39(80-52)27-78-84(85,77-25-11-24-58)82-45-40(56)38(79-53(45)67-29-61-42-46(59-28-60-47(42)67)63-50(70)32-12-7-5-8-13-32)26-76-55(33-14-9-6-10-15-33,34-16-20-36(74-3)21-17-34)35-18-22-37(75-4)23-19-35/h5-10,12-23,28-31,38-41,44-45,52-53,83H,11,25-27H2,1-4H3,(H,72,73)(H,59,60,63,70)(H2,64,65,66,69,71)/t38-,39-,40-,41-,44-,45-,52-,53-,84?/m1/s1. The van der Waals surface area contributed by atoms with Crippen molar-refractivity contribution in [3.8, 4) is 17.6 Å². The number of nitrogens with zero attached hydrogens (tertiary/aromatic N) is 8. The zero-order chi connectivity index (χ0) is 60.0. The molecule has 4 N–H and O–H groups in total. The zero-order valence-electron chi connectivity index (χ0n) is 45.6. The fourth-order valence-electron chi connectivity index (χ4n) is 9.70. The van der Waals surface area contributed by atoms with Crippen molar-refractivity contribution in [2.75, 3.05) is 44.7 Å². The molecule has 4 aromatic heterocycles. The van der Waals surface area contributed by atoms with Gasteiger partial charge in [-0.3, -0.25) is 42.9 Å². The summed E-state index contributed by atoms with van der Waals surface area (Å²) < 4.78 is 105. The fraction of sp³-hybridized carbons (Fsp3) is 0.327. The SMILES string of the molecule is COc1ccc(C(OC[C@H]2O[C@@H](n3cnc4c(NC(=O)c5ccccc5)ncnc43)[C@H](OP(=S)(OCCC#N)OC[C@H]3O[C@@H](n4cnc5c(=O)[nH]c(NC(=O)C(C)C)nc54)[C@H](F)[C@@H]3O[PH](=O)O)[C@@H]2F)(c2ccccc2)c2ccc(OC)cc2)cc1.